The summed E-state index contributed by atoms with van der Waals surface area (Å²) in [5.41, 5.74) is 1.51. The monoisotopic (exact) mass is 460 g/mol. The molecule has 0 saturated carbocycles. The second-order valence-electron chi connectivity index (χ2n) is 5.86. The van der Waals surface area contributed by atoms with Crippen molar-refractivity contribution in [3.05, 3.63) is 34.3 Å². The van der Waals surface area contributed by atoms with E-state index in [-0.39, 0.29) is 31.5 Å². The molecule has 4 rings (SSSR count). The summed E-state index contributed by atoms with van der Waals surface area (Å²) >= 11 is 11.9. The van der Waals surface area contributed by atoms with Crippen LogP contribution in [0.5, 0.6) is 0 Å². The minimum absolute atomic E-state index is 0.0674. The second kappa shape index (κ2) is 6.14. The molecule has 10 nitrogen and oxygen atoms in total. The number of aromatic amines is 2. The number of H-pyrrole nitrogens is 2. The zero-order chi connectivity index (χ0) is 20.4. The molecule has 0 spiro atoms. The van der Waals surface area contributed by atoms with Crippen LogP contribution in [0.25, 0.3) is 33.7 Å². The van der Waals surface area contributed by atoms with Gasteiger partial charge in [-0.1, -0.05) is 23.2 Å². The van der Waals surface area contributed by atoms with E-state index in [1.807, 2.05) is 0 Å². The molecule has 14 heteroatoms. The van der Waals surface area contributed by atoms with Crippen LogP contribution >= 0.6 is 23.2 Å². The van der Waals surface area contributed by atoms with Crippen LogP contribution in [0.4, 0.5) is 0 Å². The molecule has 0 atom stereocenters. The largest absolute Gasteiger partial charge is 0.335 e. The Bertz CT molecular complexity index is 1380. The van der Waals surface area contributed by atoms with Gasteiger partial charge < -0.3 is 9.97 Å². The number of rotatable bonds is 3. The molecule has 146 valence electrons. The molecule has 0 saturated heterocycles. The number of aromatic nitrogens is 4. The number of hydrogen-bond donors (Lipinski definition) is 4. The summed E-state index contributed by atoms with van der Waals surface area (Å²) in [5.74, 6) is 0.532. The maximum atomic E-state index is 11.6. The number of nitrogens with two attached hydrogens (primary N) is 2. The Morgan fingerprint density at radius 3 is 1.39 bits per heavy atom. The van der Waals surface area contributed by atoms with Crippen LogP contribution in [-0.4, -0.2) is 36.8 Å². The average Bonchev–Trinajstić information content (AvgIpc) is 3.13. The molecule has 2 heterocycles. The van der Waals surface area contributed by atoms with Gasteiger partial charge in [0.15, 0.2) is 11.6 Å². The fourth-order valence-electron chi connectivity index (χ4n) is 2.68. The Morgan fingerprint density at radius 2 is 1.07 bits per heavy atom. The average molecular weight is 461 g/mol. The van der Waals surface area contributed by atoms with E-state index < -0.39 is 20.0 Å². The molecule has 0 aliphatic rings. The van der Waals surface area contributed by atoms with Crippen molar-refractivity contribution in [3.63, 3.8) is 0 Å². The smallest absolute Gasteiger partial charge is 0.239 e. The lowest BCUT2D eigenvalue weighted by atomic mass is 10.3. The number of primary sulfonamides is 2. The van der Waals surface area contributed by atoms with Crippen molar-refractivity contribution in [3.8, 4) is 11.6 Å². The summed E-state index contributed by atoms with van der Waals surface area (Å²) in [4.78, 5) is 14.0. The van der Waals surface area contributed by atoms with Gasteiger partial charge in [-0.05, 0) is 24.3 Å². The maximum Gasteiger partial charge on any atom is 0.239 e. The molecule has 28 heavy (non-hydrogen) atoms. The van der Waals surface area contributed by atoms with Gasteiger partial charge in [-0.3, -0.25) is 0 Å². The summed E-state index contributed by atoms with van der Waals surface area (Å²) in [6.45, 7) is 0. The van der Waals surface area contributed by atoms with Crippen molar-refractivity contribution < 1.29 is 16.8 Å². The van der Waals surface area contributed by atoms with Crippen LogP contribution in [-0.2, 0) is 20.0 Å². The third-order valence-corrected chi connectivity index (χ3v) is 6.66. The summed E-state index contributed by atoms with van der Waals surface area (Å²) in [6.07, 6.45) is 0. The van der Waals surface area contributed by atoms with E-state index in [0.717, 1.165) is 0 Å². The molecule has 4 aromatic rings. The van der Waals surface area contributed by atoms with Gasteiger partial charge in [-0.2, -0.15) is 0 Å². The number of halogens is 2. The summed E-state index contributed by atoms with van der Waals surface area (Å²) in [5, 5.41) is 10.2. The highest BCUT2D eigenvalue weighted by atomic mass is 35.5. The number of fused-ring (bicyclic) bond motifs is 2. The topological polar surface area (TPSA) is 178 Å². The highest BCUT2D eigenvalue weighted by molar-refractivity contribution is 7.89. The molecule has 0 aliphatic carbocycles. The van der Waals surface area contributed by atoms with Crippen molar-refractivity contribution >= 4 is 65.3 Å². The first-order valence-corrected chi connectivity index (χ1v) is 11.2. The molecule has 6 N–H and O–H groups in total. The first kappa shape index (κ1) is 19.1. The molecule has 0 aliphatic heterocycles. The standard InChI is InChI=1S/C14H10Cl2N6O4S2/c15-5-1-7-9(3-11(5)27(17,23)24)21-13(19-7)14-20-8-2-6(16)12(28(18,25)26)4-10(8)22-14/h1-4H,(H,19,21)(H,20,22)(H2,17,23,24)(H2,18,25,26). The Labute approximate surface area is 168 Å². The van der Waals surface area contributed by atoms with Crippen molar-refractivity contribution in [1.29, 1.82) is 0 Å². The van der Waals surface area contributed by atoms with Gasteiger partial charge >= 0.3 is 0 Å². The molecule has 0 radical (unpaired) electrons. The molecular formula is C14H10Cl2N6O4S2. The fourth-order valence-corrected chi connectivity index (χ4v) is 4.87. The van der Waals surface area contributed by atoms with E-state index in [2.05, 4.69) is 19.9 Å². The van der Waals surface area contributed by atoms with E-state index in [1.54, 1.807) is 0 Å². The number of nitrogens with zero attached hydrogens (tertiary/aromatic N) is 2. The van der Waals surface area contributed by atoms with Crippen LogP contribution in [0.3, 0.4) is 0 Å². The van der Waals surface area contributed by atoms with Gasteiger partial charge in [0.05, 0.1) is 32.1 Å². The van der Waals surface area contributed by atoms with Gasteiger partial charge in [0, 0.05) is 0 Å². The molecule has 2 aromatic heterocycles. The van der Waals surface area contributed by atoms with Crippen LogP contribution in [0.15, 0.2) is 34.1 Å². The number of benzene rings is 2. The first-order chi connectivity index (χ1) is 12.9. The predicted molar refractivity (Wildman–Crippen MR) is 104 cm³/mol. The fraction of sp³-hybridized carbons (Fsp3) is 0. The Kier molecular flexibility index (Phi) is 4.19. The number of sulfonamides is 2. The zero-order valence-electron chi connectivity index (χ0n) is 13.6. The first-order valence-electron chi connectivity index (χ1n) is 7.38. The SMILES string of the molecule is NS(=O)(=O)c1cc2[nH]c(-c3nc4cc(Cl)c(S(N)(=O)=O)cc4[nH]3)nc2cc1Cl. The highest BCUT2D eigenvalue weighted by Gasteiger charge is 2.19. The summed E-state index contributed by atoms with van der Waals surface area (Å²) in [7, 11) is -8.02. The van der Waals surface area contributed by atoms with E-state index >= 15 is 0 Å². The molecular weight excluding hydrogens is 451 g/mol. The number of imidazole rings is 2. The summed E-state index contributed by atoms with van der Waals surface area (Å²) < 4.78 is 46.4. The van der Waals surface area contributed by atoms with Crippen molar-refractivity contribution in [2.24, 2.45) is 10.3 Å². The number of nitrogens with one attached hydrogen (secondary N) is 2. The lowest BCUT2D eigenvalue weighted by Gasteiger charge is -2.00. The maximum absolute atomic E-state index is 11.6. The molecule has 0 unspecified atom stereocenters. The Morgan fingerprint density at radius 1 is 0.714 bits per heavy atom. The van der Waals surface area contributed by atoms with Crippen LogP contribution < -0.4 is 10.3 Å². The third kappa shape index (κ3) is 3.23. The zero-order valence-corrected chi connectivity index (χ0v) is 16.7. The van der Waals surface area contributed by atoms with Gasteiger partial charge in [0.25, 0.3) is 0 Å². The lowest BCUT2D eigenvalue weighted by Crippen LogP contribution is -2.12. The van der Waals surface area contributed by atoms with E-state index in [1.165, 1.54) is 24.3 Å². The number of hydrogen-bond acceptors (Lipinski definition) is 6. The molecule has 2 aromatic carbocycles. The van der Waals surface area contributed by atoms with Crippen LogP contribution in [0, 0.1) is 0 Å². The van der Waals surface area contributed by atoms with E-state index in [0.29, 0.717) is 22.1 Å². The van der Waals surface area contributed by atoms with Gasteiger partial charge in [0.1, 0.15) is 9.79 Å². The molecule has 0 bridgehead atoms. The normalized spacial score (nSPS) is 12.9. The highest BCUT2D eigenvalue weighted by Crippen LogP contribution is 2.30. The minimum Gasteiger partial charge on any atom is -0.335 e. The Balaban J connectivity index is 1.89. The van der Waals surface area contributed by atoms with Gasteiger partial charge in [-0.15, -0.1) is 0 Å². The minimum atomic E-state index is -4.01. The van der Waals surface area contributed by atoms with E-state index in [9.17, 15) is 16.8 Å². The van der Waals surface area contributed by atoms with E-state index in [4.69, 9.17) is 33.5 Å². The van der Waals surface area contributed by atoms with Gasteiger partial charge in [0.2, 0.25) is 20.0 Å². The van der Waals surface area contributed by atoms with Crippen LogP contribution in [0.1, 0.15) is 0 Å². The quantitative estimate of drug-likeness (QED) is 0.361. The van der Waals surface area contributed by atoms with Crippen molar-refractivity contribution in [1.82, 2.24) is 19.9 Å². The van der Waals surface area contributed by atoms with Crippen molar-refractivity contribution in [2.45, 2.75) is 9.79 Å². The predicted octanol–water partition coefficient (Wildman–Crippen LogP) is 1.71. The second-order valence-corrected chi connectivity index (χ2v) is 9.73. The summed E-state index contributed by atoms with van der Waals surface area (Å²) in [6, 6.07) is 5.24. The lowest BCUT2D eigenvalue weighted by molar-refractivity contribution is 0.596. The third-order valence-electron chi connectivity index (χ3n) is 3.91. The van der Waals surface area contributed by atoms with Crippen molar-refractivity contribution in [2.75, 3.05) is 0 Å². The van der Waals surface area contributed by atoms with Crippen LogP contribution in [0.2, 0.25) is 10.0 Å². The Hall–Kier alpha value is -2.22. The molecule has 0 fully saturated rings. The van der Waals surface area contributed by atoms with Gasteiger partial charge in [-0.25, -0.2) is 37.1 Å². The molecule has 0 amide bonds.